The summed E-state index contributed by atoms with van der Waals surface area (Å²) in [6, 6.07) is 0. The van der Waals surface area contributed by atoms with Crippen LogP contribution >= 0.6 is 0 Å². The number of carbonyl (C=O) groups excluding carboxylic acids is 1. The molecule has 0 aromatic carbocycles. The summed E-state index contributed by atoms with van der Waals surface area (Å²) in [5.74, 6) is 1.53. The lowest BCUT2D eigenvalue weighted by Crippen LogP contribution is -2.35. The van der Waals surface area contributed by atoms with Crippen molar-refractivity contribution in [2.24, 2.45) is 11.8 Å². The first-order chi connectivity index (χ1) is 9.33. The van der Waals surface area contributed by atoms with Crippen LogP contribution in [0.5, 0.6) is 0 Å². The van der Waals surface area contributed by atoms with Crippen molar-refractivity contribution in [1.82, 2.24) is 9.80 Å². The Kier molecular flexibility index (Phi) is 4.95. The van der Waals surface area contributed by atoms with E-state index in [-0.39, 0.29) is 11.7 Å². The van der Waals surface area contributed by atoms with Gasteiger partial charge in [0.1, 0.15) is 5.60 Å². The van der Waals surface area contributed by atoms with Gasteiger partial charge in [-0.3, -0.25) is 0 Å². The van der Waals surface area contributed by atoms with E-state index in [0.29, 0.717) is 5.92 Å². The monoisotopic (exact) mass is 282 g/mol. The summed E-state index contributed by atoms with van der Waals surface area (Å²) in [5.41, 5.74) is -0.386. The molecule has 0 bridgehead atoms. The van der Waals surface area contributed by atoms with Gasteiger partial charge in [0, 0.05) is 13.1 Å². The molecular formula is C16H30N2O2. The van der Waals surface area contributed by atoms with E-state index in [1.807, 2.05) is 25.7 Å². The lowest BCUT2D eigenvalue weighted by molar-refractivity contribution is 0.0285. The van der Waals surface area contributed by atoms with Crippen molar-refractivity contribution in [3.8, 4) is 0 Å². The molecular weight excluding hydrogens is 252 g/mol. The maximum atomic E-state index is 12.0. The predicted octanol–water partition coefficient (Wildman–Crippen LogP) is 2.98. The summed E-state index contributed by atoms with van der Waals surface area (Å²) in [4.78, 5) is 16.3. The molecule has 0 aromatic rings. The fraction of sp³-hybridized carbons (Fsp3) is 0.938. The third kappa shape index (κ3) is 4.65. The highest BCUT2D eigenvalue weighted by Gasteiger charge is 2.31. The van der Waals surface area contributed by atoms with Crippen molar-refractivity contribution in [1.29, 1.82) is 0 Å². The number of hydrogen-bond donors (Lipinski definition) is 0. The maximum absolute atomic E-state index is 12.0. The molecule has 20 heavy (non-hydrogen) atoms. The molecule has 1 unspecified atom stereocenters. The molecule has 4 nitrogen and oxygen atoms in total. The van der Waals surface area contributed by atoms with Crippen LogP contribution in [0.3, 0.4) is 0 Å². The van der Waals surface area contributed by atoms with Crippen LogP contribution < -0.4 is 0 Å². The van der Waals surface area contributed by atoms with E-state index in [2.05, 4.69) is 11.9 Å². The van der Waals surface area contributed by atoms with E-state index < -0.39 is 0 Å². The van der Waals surface area contributed by atoms with Crippen molar-refractivity contribution < 1.29 is 9.53 Å². The Balaban J connectivity index is 1.73. The number of hydrogen-bond acceptors (Lipinski definition) is 3. The average Bonchev–Trinajstić information content (AvgIpc) is 2.79. The van der Waals surface area contributed by atoms with Gasteiger partial charge in [-0.05, 0) is 78.4 Å². The number of ether oxygens (including phenoxy) is 1. The van der Waals surface area contributed by atoms with Crippen LogP contribution in [0.1, 0.15) is 46.5 Å². The SMILES string of the molecule is CN1CCC(CC2CCN(C(=O)OC(C)(C)C)C2)CC1. The molecule has 0 aromatic heterocycles. The molecule has 1 atom stereocenters. The number of nitrogens with zero attached hydrogens (tertiary/aromatic N) is 2. The summed E-state index contributed by atoms with van der Waals surface area (Å²) in [6.45, 7) is 10.00. The molecule has 116 valence electrons. The zero-order chi connectivity index (χ0) is 14.8. The molecule has 2 heterocycles. The molecule has 2 saturated heterocycles. The number of piperidine rings is 1. The van der Waals surface area contributed by atoms with Crippen molar-refractivity contribution in [3.05, 3.63) is 0 Å². The van der Waals surface area contributed by atoms with Crippen molar-refractivity contribution in [2.75, 3.05) is 33.2 Å². The zero-order valence-electron chi connectivity index (χ0n) is 13.5. The van der Waals surface area contributed by atoms with Crippen LogP contribution in [0, 0.1) is 11.8 Å². The molecule has 4 heteroatoms. The van der Waals surface area contributed by atoms with Gasteiger partial charge in [-0.25, -0.2) is 4.79 Å². The highest BCUT2D eigenvalue weighted by Crippen LogP contribution is 2.29. The van der Waals surface area contributed by atoms with Crippen LogP contribution in [-0.4, -0.2) is 54.7 Å². The van der Waals surface area contributed by atoms with Gasteiger partial charge in [0.15, 0.2) is 0 Å². The molecule has 0 saturated carbocycles. The second-order valence-corrected chi connectivity index (χ2v) is 7.56. The number of carbonyl (C=O) groups is 1. The van der Waals surface area contributed by atoms with Crippen molar-refractivity contribution in [3.63, 3.8) is 0 Å². The predicted molar refractivity (Wildman–Crippen MR) is 80.8 cm³/mol. The molecule has 2 aliphatic heterocycles. The number of amides is 1. The van der Waals surface area contributed by atoms with E-state index in [9.17, 15) is 4.79 Å². The molecule has 2 rings (SSSR count). The van der Waals surface area contributed by atoms with Gasteiger partial charge in [-0.15, -0.1) is 0 Å². The molecule has 2 fully saturated rings. The number of likely N-dealkylation sites (tertiary alicyclic amines) is 2. The summed E-state index contributed by atoms with van der Waals surface area (Å²) in [6.07, 6.45) is 4.93. The highest BCUT2D eigenvalue weighted by molar-refractivity contribution is 5.68. The first kappa shape index (κ1) is 15.6. The van der Waals surface area contributed by atoms with Crippen LogP contribution in [0.4, 0.5) is 4.79 Å². The summed E-state index contributed by atoms with van der Waals surface area (Å²) >= 11 is 0. The van der Waals surface area contributed by atoms with E-state index in [0.717, 1.165) is 25.4 Å². The Bertz CT molecular complexity index is 330. The lowest BCUT2D eigenvalue weighted by atomic mass is 9.87. The summed E-state index contributed by atoms with van der Waals surface area (Å²) < 4.78 is 5.45. The molecule has 1 amide bonds. The minimum atomic E-state index is -0.386. The van der Waals surface area contributed by atoms with E-state index in [4.69, 9.17) is 4.74 Å². The summed E-state index contributed by atoms with van der Waals surface area (Å²) in [7, 11) is 2.20. The van der Waals surface area contributed by atoms with Crippen molar-refractivity contribution in [2.45, 2.75) is 52.1 Å². The third-order valence-corrected chi connectivity index (χ3v) is 4.44. The van der Waals surface area contributed by atoms with Gasteiger partial charge in [-0.2, -0.15) is 0 Å². The minimum absolute atomic E-state index is 0.136. The standard InChI is InChI=1S/C16H30N2O2/c1-16(2,3)20-15(19)18-10-7-14(12-18)11-13-5-8-17(4)9-6-13/h13-14H,5-12H2,1-4H3. The first-order valence-corrected chi connectivity index (χ1v) is 8.00. The van der Waals surface area contributed by atoms with Gasteiger partial charge >= 0.3 is 6.09 Å². The normalized spacial score (nSPS) is 26.0. The Morgan fingerprint density at radius 3 is 2.30 bits per heavy atom. The van der Waals surface area contributed by atoms with E-state index in [1.165, 1.54) is 32.4 Å². The quantitative estimate of drug-likeness (QED) is 0.780. The van der Waals surface area contributed by atoms with Gasteiger partial charge in [-0.1, -0.05) is 0 Å². The molecule has 0 aliphatic carbocycles. The fourth-order valence-corrected chi connectivity index (χ4v) is 3.29. The third-order valence-electron chi connectivity index (χ3n) is 4.44. The van der Waals surface area contributed by atoms with Crippen LogP contribution in [0.15, 0.2) is 0 Å². The lowest BCUT2D eigenvalue weighted by Gasteiger charge is -2.30. The Morgan fingerprint density at radius 2 is 1.70 bits per heavy atom. The largest absolute Gasteiger partial charge is 0.444 e. The Hall–Kier alpha value is -0.770. The minimum Gasteiger partial charge on any atom is -0.444 e. The van der Waals surface area contributed by atoms with Gasteiger partial charge in [0.05, 0.1) is 0 Å². The first-order valence-electron chi connectivity index (χ1n) is 8.00. The highest BCUT2D eigenvalue weighted by atomic mass is 16.6. The summed E-state index contributed by atoms with van der Waals surface area (Å²) in [5, 5.41) is 0. The van der Waals surface area contributed by atoms with E-state index >= 15 is 0 Å². The van der Waals surface area contributed by atoms with Gasteiger partial charge in [0.2, 0.25) is 0 Å². The maximum Gasteiger partial charge on any atom is 0.410 e. The average molecular weight is 282 g/mol. The van der Waals surface area contributed by atoms with Crippen LogP contribution in [0.2, 0.25) is 0 Å². The smallest absolute Gasteiger partial charge is 0.410 e. The Morgan fingerprint density at radius 1 is 1.10 bits per heavy atom. The second-order valence-electron chi connectivity index (χ2n) is 7.56. The molecule has 0 radical (unpaired) electrons. The van der Waals surface area contributed by atoms with Crippen molar-refractivity contribution >= 4 is 6.09 Å². The Labute approximate surface area is 123 Å². The van der Waals surface area contributed by atoms with E-state index in [1.54, 1.807) is 0 Å². The molecule has 0 N–H and O–H groups in total. The fourth-order valence-electron chi connectivity index (χ4n) is 3.29. The number of rotatable bonds is 2. The molecule has 0 spiro atoms. The topological polar surface area (TPSA) is 32.8 Å². The van der Waals surface area contributed by atoms with Gasteiger partial charge in [0.25, 0.3) is 0 Å². The van der Waals surface area contributed by atoms with Crippen LogP contribution in [-0.2, 0) is 4.74 Å². The van der Waals surface area contributed by atoms with Gasteiger partial charge < -0.3 is 14.5 Å². The second kappa shape index (κ2) is 6.33. The zero-order valence-corrected chi connectivity index (χ0v) is 13.5. The molecule has 2 aliphatic rings. The van der Waals surface area contributed by atoms with Crippen LogP contribution in [0.25, 0.3) is 0 Å².